The molecule has 1 aromatic heterocycles. The number of aliphatic carboxylic acids is 1. The first kappa shape index (κ1) is 22.6. The Hall–Kier alpha value is -2.68. The second kappa shape index (κ2) is 11.4. The second-order valence-electron chi connectivity index (χ2n) is 6.90. The number of nitrogens with zero attached hydrogens (tertiary/aromatic N) is 1. The molecule has 1 aliphatic heterocycles. The maximum atomic E-state index is 12.1. The van der Waals surface area contributed by atoms with Gasteiger partial charge in [-0.25, -0.2) is 4.98 Å². The Morgan fingerprint density at radius 1 is 1.28 bits per heavy atom. The predicted molar refractivity (Wildman–Crippen MR) is 112 cm³/mol. The average molecular weight is 405 g/mol. The normalized spacial score (nSPS) is 14.3. The van der Waals surface area contributed by atoms with Crippen LogP contribution in [0.4, 0.5) is 11.5 Å². The summed E-state index contributed by atoms with van der Waals surface area (Å²) in [6.45, 7) is 6.25. The third-order valence-electron chi connectivity index (χ3n) is 4.84. The van der Waals surface area contributed by atoms with Crippen molar-refractivity contribution in [3.8, 4) is 0 Å². The van der Waals surface area contributed by atoms with Gasteiger partial charge in [0.25, 0.3) is 0 Å². The minimum atomic E-state index is -1.00. The zero-order chi connectivity index (χ0) is 21.2. The van der Waals surface area contributed by atoms with E-state index in [1.165, 1.54) is 6.21 Å². The summed E-state index contributed by atoms with van der Waals surface area (Å²) < 4.78 is 5.44. The van der Waals surface area contributed by atoms with Crippen LogP contribution in [0, 0.1) is 5.41 Å². The first-order valence-corrected chi connectivity index (χ1v) is 10.1. The summed E-state index contributed by atoms with van der Waals surface area (Å²) in [4.78, 5) is 27.4. The predicted octanol–water partition coefficient (Wildman–Crippen LogP) is 2.15. The lowest BCUT2D eigenvalue weighted by Crippen LogP contribution is -2.31. The van der Waals surface area contributed by atoms with Gasteiger partial charge in [0.1, 0.15) is 5.82 Å². The first-order chi connectivity index (χ1) is 14.0. The van der Waals surface area contributed by atoms with Gasteiger partial charge in [0.2, 0.25) is 5.91 Å². The van der Waals surface area contributed by atoms with Crippen LogP contribution >= 0.6 is 0 Å². The Labute approximate surface area is 171 Å². The highest BCUT2D eigenvalue weighted by Crippen LogP contribution is 2.30. The molecule has 0 aromatic carbocycles. The van der Waals surface area contributed by atoms with Crippen LogP contribution in [0.5, 0.6) is 0 Å². The van der Waals surface area contributed by atoms with E-state index in [9.17, 15) is 9.59 Å². The number of aromatic nitrogens is 1. The number of aryl methyl sites for hydroxylation is 1. The van der Waals surface area contributed by atoms with E-state index in [0.29, 0.717) is 37.6 Å². The molecule has 0 bridgehead atoms. The summed E-state index contributed by atoms with van der Waals surface area (Å²) >= 11 is 0. The van der Waals surface area contributed by atoms with E-state index < -0.39 is 5.97 Å². The van der Waals surface area contributed by atoms with Crippen molar-refractivity contribution >= 4 is 29.6 Å². The number of carbonyl (C=O) groups excluding carboxylic acids is 1. The Morgan fingerprint density at radius 2 is 2.00 bits per heavy atom. The number of carboxylic acids is 1. The molecular formula is C20H31N5O4. The van der Waals surface area contributed by atoms with Gasteiger partial charge in [-0.3, -0.25) is 9.59 Å². The van der Waals surface area contributed by atoms with Crippen LogP contribution < -0.4 is 16.0 Å². The Morgan fingerprint density at radius 3 is 2.59 bits per heavy atom. The van der Waals surface area contributed by atoms with E-state index in [-0.39, 0.29) is 31.3 Å². The number of carboxylic acid groups (broad SMARTS) is 1. The third-order valence-corrected chi connectivity index (χ3v) is 4.84. The molecule has 160 valence electrons. The molecule has 0 atom stereocenters. The molecule has 2 heterocycles. The van der Waals surface area contributed by atoms with Crippen LogP contribution in [0.15, 0.2) is 0 Å². The Kier molecular flexibility index (Phi) is 8.85. The first-order valence-electron chi connectivity index (χ1n) is 10.1. The Balaban J connectivity index is 2.35. The summed E-state index contributed by atoms with van der Waals surface area (Å²) in [7, 11) is 0. The van der Waals surface area contributed by atoms with Gasteiger partial charge >= 0.3 is 5.97 Å². The minimum absolute atomic E-state index is 0.0696. The molecule has 0 unspecified atom stereocenters. The summed E-state index contributed by atoms with van der Waals surface area (Å²) in [6.07, 6.45) is 3.40. The van der Waals surface area contributed by atoms with Gasteiger partial charge in [0, 0.05) is 56.2 Å². The fraction of sp³-hybridized carbons (Fsp3) is 0.600. The van der Waals surface area contributed by atoms with E-state index in [1.54, 1.807) is 0 Å². The van der Waals surface area contributed by atoms with E-state index >= 15 is 0 Å². The lowest BCUT2D eigenvalue weighted by atomic mass is 10.0. The second-order valence-corrected chi connectivity index (χ2v) is 6.90. The lowest BCUT2D eigenvalue weighted by molar-refractivity contribution is -0.138. The van der Waals surface area contributed by atoms with E-state index in [4.69, 9.17) is 15.3 Å². The molecule has 0 saturated carbocycles. The maximum absolute atomic E-state index is 12.1. The number of anilines is 2. The fourth-order valence-corrected chi connectivity index (χ4v) is 3.32. The van der Waals surface area contributed by atoms with Gasteiger partial charge in [-0.05, 0) is 26.2 Å². The van der Waals surface area contributed by atoms with Crippen LogP contribution in [0.2, 0.25) is 0 Å². The number of rotatable bonds is 11. The summed E-state index contributed by atoms with van der Waals surface area (Å²) in [6, 6.07) is 0.213. The van der Waals surface area contributed by atoms with E-state index in [2.05, 4.69) is 20.9 Å². The molecular weight excluding hydrogens is 374 g/mol. The molecule has 1 fully saturated rings. The number of hydrogen-bond donors (Lipinski definition) is 5. The van der Waals surface area contributed by atoms with Crippen molar-refractivity contribution in [2.45, 2.75) is 58.5 Å². The van der Waals surface area contributed by atoms with Gasteiger partial charge in [0.15, 0.2) is 0 Å². The molecule has 1 amide bonds. The fourth-order valence-electron chi connectivity index (χ4n) is 3.32. The molecule has 1 aliphatic rings. The van der Waals surface area contributed by atoms with Crippen LogP contribution in [-0.4, -0.2) is 54.0 Å². The highest BCUT2D eigenvalue weighted by Gasteiger charge is 2.22. The van der Waals surface area contributed by atoms with Crippen LogP contribution in [0.25, 0.3) is 0 Å². The maximum Gasteiger partial charge on any atom is 0.303 e. The molecule has 0 aliphatic carbocycles. The summed E-state index contributed by atoms with van der Waals surface area (Å²) in [5.41, 5.74) is 3.13. The number of hydrogen-bond acceptors (Lipinski definition) is 7. The standard InChI is InChI=1S/C20H31N5O4/c1-3-16-15(12-23-17(26)5-6-18(27)28)19(24-13-7-9-29-10-8-13)14(11-21)20(25-16)22-4-2/h11,13,21H,3-10,12H2,1-2H3,(H,23,26)(H,27,28)(H2,22,24,25). The number of nitrogens with one attached hydrogen (secondary N) is 4. The van der Waals surface area contributed by atoms with Gasteiger partial charge in [-0.2, -0.15) is 0 Å². The summed E-state index contributed by atoms with van der Waals surface area (Å²) in [5, 5.41) is 26.3. The van der Waals surface area contributed by atoms with Crippen LogP contribution in [-0.2, 0) is 27.3 Å². The highest BCUT2D eigenvalue weighted by atomic mass is 16.5. The van der Waals surface area contributed by atoms with Crippen molar-refractivity contribution in [1.29, 1.82) is 5.41 Å². The number of amides is 1. The van der Waals surface area contributed by atoms with Gasteiger partial charge in [-0.15, -0.1) is 0 Å². The highest BCUT2D eigenvalue weighted by molar-refractivity contribution is 5.94. The SMILES string of the molecule is CCNc1nc(CC)c(CNC(=O)CCC(=O)O)c(NC2CCOCC2)c1C=N. The minimum Gasteiger partial charge on any atom is -0.481 e. The number of ether oxygens (including phenoxy) is 1. The molecule has 0 radical (unpaired) electrons. The zero-order valence-corrected chi connectivity index (χ0v) is 17.1. The van der Waals surface area contributed by atoms with Crippen molar-refractivity contribution in [3.63, 3.8) is 0 Å². The van der Waals surface area contributed by atoms with Crippen molar-refractivity contribution in [1.82, 2.24) is 10.3 Å². The van der Waals surface area contributed by atoms with Gasteiger partial charge < -0.3 is 31.2 Å². The van der Waals surface area contributed by atoms with Gasteiger partial charge in [-0.1, -0.05) is 6.92 Å². The lowest BCUT2D eigenvalue weighted by Gasteiger charge is -2.28. The van der Waals surface area contributed by atoms with Crippen molar-refractivity contribution in [2.24, 2.45) is 0 Å². The van der Waals surface area contributed by atoms with Crippen LogP contribution in [0.3, 0.4) is 0 Å². The molecule has 1 aromatic rings. The van der Waals surface area contributed by atoms with E-state index in [0.717, 1.165) is 29.8 Å². The molecule has 9 heteroatoms. The number of carbonyl (C=O) groups is 2. The van der Waals surface area contributed by atoms with Crippen molar-refractivity contribution in [2.75, 3.05) is 30.4 Å². The van der Waals surface area contributed by atoms with Gasteiger partial charge in [0.05, 0.1) is 17.7 Å². The largest absolute Gasteiger partial charge is 0.481 e. The average Bonchev–Trinajstić information content (AvgIpc) is 2.72. The molecule has 2 rings (SSSR count). The quantitative estimate of drug-likeness (QED) is 0.356. The van der Waals surface area contributed by atoms with Crippen LogP contribution in [0.1, 0.15) is 56.4 Å². The topological polar surface area (TPSA) is 136 Å². The third kappa shape index (κ3) is 6.42. The van der Waals surface area contributed by atoms with Crippen molar-refractivity contribution in [3.05, 3.63) is 16.8 Å². The monoisotopic (exact) mass is 405 g/mol. The smallest absolute Gasteiger partial charge is 0.303 e. The molecule has 0 spiro atoms. The zero-order valence-electron chi connectivity index (χ0n) is 17.1. The molecule has 5 N–H and O–H groups in total. The molecule has 9 nitrogen and oxygen atoms in total. The van der Waals surface area contributed by atoms with Crippen molar-refractivity contribution < 1.29 is 19.4 Å². The van der Waals surface area contributed by atoms with E-state index in [1.807, 2.05) is 13.8 Å². The molecule has 1 saturated heterocycles. The summed E-state index contributed by atoms with van der Waals surface area (Å²) in [5.74, 6) is -0.674. The molecule has 29 heavy (non-hydrogen) atoms. The number of pyridine rings is 1. The Bertz CT molecular complexity index is 732.